The summed E-state index contributed by atoms with van der Waals surface area (Å²) in [5.41, 5.74) is 1.50. The highest BCUT2D eigenvalue weighted by molar-refractivity contribution is 6.19. The van der Waals surface area contributed by atoms with Crippen molar-refractivity contribution in [2.24, 2.45) is 0 Å². The maximum atomic E-state index is 7.46. The summed E-state index contributed by atoms with van der Waals surface area (Å²) in [4.78, 5) is 0. The van der Waals surface area contributed by atoms with Crippen molar-refractivity contribution in [3.8, 4) is 0 Å². The third kappa shape index (κ3) is 2.21. The lowest BCUT2D eigenvalue weighted by Gasteiger charge is -2.02. The molecule has 0 radical (unpaired) electrons. The van der Waals surface area contributed by atoms with Gasteiger partial charge in [0, 0.05) is 8.57 Å². The number of halogens is 1. The Morgan fingerprint density at radius 1 is 1.27 bits per heavy atom. The second-order valence-electron chi connectivity index (χ2n) is 3.49. The van der Waals surface area contributed by atoms with Crippen molar-refractivity contribution >= 4 is 28.4 Å². The first-order valence-electron chi connectivity index (χ1n) is 5.84. The van der Waals surface area contributed by atoms with E-state index in [1.165, 1.54) is 0 Å². The summed E-state index contributed by atoms with van der Waals surface area (Å²) >= 11 is 5.65. The first kappa shape index (κ1) is 7.95. The summed E-state index contributed by atoms with van der Waals surface area (Å²) in [6, 6.07) is 14.0. The molecule has 0 aliphatic heterocycles. The van der Waals surface area contributed by atoms with Gasteiger partial charge in [-0.05, 0) is 23.3 Å². The van der Waals surface area contributed by atoms with E-state index >= 15 is 0 Å². The number of allylic oxidation sites excluding steroid dienone is 1. The Balaban J connectivity index is 2.57. The van der Waals surface area contributed by atoms with Gasteiger partial charge in [-0.25, -0.2) is 0 Å². The molecular weight excluding hydrogens is 204 g/mol. The predicted molar refractivity (Wildman–Crippen MR) is 68.3 cm³/mol. The first-order valence-corrected chi connectivity index (χ1v) is 5.22. The molecule has 0 fully saturated rings. The van der Waals surface area contributed by atoms with Gasteiger partial charge < -0.3 is 0 Å². The smallest absolute Gasteiger partial charge is 0.0482 e. The van der Waals surface area contributed by atoms with Gasteiger partial charge in [0.2, 0.25) is 0 Å². The van der Waals surface area contributed by atoms with Crippen molar-refractivity contribution in [3.63, 3.8) is 0 Å². The van der Waals surface area contributed by atoms with Crippen LogP contribution in [-0.2, 0) is 0 Å². The number of hydrogen-bond acceptors (Lipinski definition) is 0. The van der Waals surface area contributed by atoms with Gasteiger partial charge in [-0.2, -0.15) is 0 Å². The molecule has 0 unspecified atom stereocenters. The molecule has 0 heterocycles. The van der Waals surface area contributed by atoms with E-state index in [2.05, 4.69) is 0 Å². The van der Waals surface area contributed by atoms with E-state index < -0.39 is 5.83 Å². The Labute approximate surface area is 98.0 Å². The van der Waals surface area contributed by atoms with Crippen LogP contribution in [0.15, 0.2) is 48.0 Å². The van der Waals surface area contributed by atoms with Gasteiger partial charge in [0.25, 0.3) is 0 Å². The number of rotatable bonds is 2. The van der Waals surface area contributed by atoms with Crippen LogP contribution in [0.4, 0.5) is 0 Å². The van der Waals surface area contributed by atoms with Gasteiger partial charge >= 0.3 is 0 Å². The highest BCUT2D eigenvalue weighted by atomic mass is 35.5. The van der Waals surface area contributed by atoms with E-state index in [4.69, 9.17) is 14.3 Å². The minimum absolute atomic E-state index is 0.510. The minimum Gasteiger partial charge on any atom is -0.122 e. The van der Waals surface area contributed by atoms with Gasteiger partial charge in [-0.15, -0.1) is 11.6 Å². The molecule has 15 heavy (non-hydrogen) atoms. The zero-order chi connectivity index (χ0) is 12.5. The Kier molecular flexibility index (Phi) is 2.38. The summed E-state index contributed by atoms with van der Waals surface area (Å²) in [5.74, 6) is -1.79. The van der Waals surface area contributed by atoms with Gasteiger partial charge in [-0.3, -0.25) is 0 Å². The van der Waals surface area contributed by atoms with E-state index in [1.807, 2.05) is 42.5 Å². The van der Waals surface area contributed by atoms with Gasteiger partial charge in [-0.1, -0.05) is 54.1 Å². The molecule has 0 atom stereocenters. The molecule has 0 amide bonds. The van der Waals surface area contributed by atoms with Crippen LogP contribution in [0.25, 0.3) is 16.8 Å². The van der Waals surface area contributed by atoms with E-state index in [-0.39, 0.29) is 0 Å². The summed E-state index contributed by atoms with van der Waals surface area (Å²) in [6.45, 7) is 1.70. The van der Waals surface area contributed by atoms with Crippen molar-refractivity contribution in [2.45, 2.75) is 6.92 Å². The summed E-state index contributed by atoms with van der Waals surface area (Å²) < 4.78 is 14.9. The normalized spacial score (nSPS) is 14.9. The fraction of sp³-hybridized carbons (Fsp3) is 0.143. The van der Waals surface area contributed by atoms with E-state index in [9.17, 15) is 0 Å². The molecule has 0 aliphatic carbocycles. The quantitative estimate of drug-likeness (QED) is 0.652. The fourth-order valence-electron chi connectivity index (χ4n) is 1.64. The summed E-state index contributed by atoms with van der Waals surface area (Å²) in [6.07, 6.45) is 1.80. The van der Waals surface area contributed by atoms with Crippen LogP contribution in [0.2, 0.25) is 0 Å². The Hall–Kier alpha value is -1.27. The lowest BCUT2D eigenvalue weighted by Crippen LogP contribution is -1.81. The Morgan fingerprint density at radius 3 is 2.80 bits per heavy atom. The Bertz CT molecular complexity index is 562. The Morgan fingerprint density at radius 2 is 2.00 bits per heavy atom. The van der Waals surface area contributed by atoms with Gasteiger partial charge in [0.1, 0.15) is 0 Å². The minimum atomic E-state index is -1.79. The maximum Gasteiger partial charge on any atom is 0.0482 e. The second kappa shape index (κ2) is 4.50. The molecule has 1 heteroatoms. The van der Waals surface area contributed by atoms with Crippen molar-refractivity contribution in [1.29, 1.82) is 0 Å². The van der Waals surface area contributed by atoms with Crippen molar-refractivity contribution in [2.75, 3.05) is 5.83 Å². The number of hydrogen-bond donors (Lipinski definition) is 0. The van der Waals surface area contributed by atoms with E-state index in [0.717, 1.165) is 16.3 Å². The highest BCUT2D eigenvalue weighted by Gasteiger charge is 1.97. The van der Waals surface area contributed by atoms with Crippen LogP contribution in [0.1, 0.15) is 15.2 Å². The largest absolute Gasteiger partial charge is 0.122 e. The molecule has 76 valence electrons. The van der Waals surface area contributed by atoms with Crippen LogP contribution in [0.5, 0.6) is 0 Å². The predicted octanol–water partition coefficient (Wildman–Crippen LogP) is 4.48. The number of fused-ring (bicyclic) bond motifs is 1. The summed E-state index contributed by atoms with van der Waals surface area (Å²) in [5, 5.41) is 2.25. The van der Waals surface area contributed by atoms with Crippen LogP contribution in [0.3, 0.4) is 0 Å². The molecule has 0 N–H and O–H groups in total. The second-order valence-corrected chi connectivity index (χ2v) is 3.68. The molecule has 0 saturated carbocycles. The number of benzene rings is 2. The lowest BCUT2D eigenvalue weighted by atomic mass is 10.0. The molecule has 0 aliphatic rings. The van der Waals surface area contributed by atoms with Crippen LogP contribution in [0, 0.1) is 0 Å². The molecular formula is C14H13Cl. The maximum absolute atomic E-state index is 7.46. The molecule has 2 aromatic carbocycles. The third-order valence-corrected chi connectivity index (χ3v) is 2.64. The van der Waals surface area contributed by atoms with Crippen LogP contribution < -0.4 is 0 Å². The van der Waals surface area contributed by atoms with Gasteiger partial charge in [0.05, 0.1) is 0 Å². The molecule has 0 bridgehead atoms. The average molecular weight is 219 g/mol. The molecule has 0 saturated heterocycles. The highest BCUT2D eigenvalue weighted by Crippen LogP contribution is 2.20. The topological polar surface area (TPSA) is 0 Å². The van der Waals surface area contributed by atoms with Crippen LogP contribution in [-0.4, -0.2) is 5.83 Å². The van der Waals surface area contributed by atoms with E-state index in [0.29, 0.717) is 5.57 Å². The SMILES string of the molecule is [2H]C([2H])(Cl)/C(C)=C/c1cccc2ccccc12. The summed E-state index contributed by atoms with van der Waals surface area (Å²) in [7, 11) is 0. The fourth-order valence-corrected chi connectivity index (χ4v) is 1.69. The van der Waals surface area contributed by atoms with E-state index in [1.54, 1.807) is 13.0 Å². The lowest BCUT2D eigenvalue weighted by molar-refractivity contribution is 1.43. The van der Waals surface area contributed by atoms with Crippen molar-refractivity contribution < 1.29 is 2.74 Å². The zero-order valence-corrected chi connectivity index (χ0v) is 9.25. The molecule has 0 aromatic heterocycles. The monoisotopic (exact) mass is 218 g/mol. The van der Waals surface area contributed by atoms with Crippen molar-refractivity contribution in [1.82, 2.24) is 0 Å². The molecule has 0 spiro atoms. The average Bonchev–Trinajstić information content (AvgIpc) is 2.28. The molecule has 0 nitrogen and oxygen atoms in total. The first-order chi connectivity index (χ1) is 7.98. The number of alkyl halides is 1. The molecule has 2 rings (SSSR count). The third-order valence-electron chi connectivity index (χ3n) is 2.34. The zero-order valence-electron chi connectivity index (χ0n) is 10.5. The van der Waals surface area contributed by atoms with Crippen molar-refractivity contribution in [3.05, 3.63) is 53.6 Å². The standard InChI is InChI=1S/C14H13Cl/c1-11(10-15)9-13-7-4-6-12-5-2-3-8-14(12)13/h2-9H,10H2,1H3/b11-9+/i10D2. The molecule has 2 aromatic rings. The van der Waals surface area contributed by atoms with Gasteiger partial charge in [0.15, 0.2) is 0 Å². The van der Waals surface area contributed by atoms with Crippen LogP contribution >= 0.6 is 11.6 Å².